The lowest BCUT2D eigenvalue weighted by Crippen LogP contribution is -2.23. The summed E-state index contributed by atoms with van der Waals surface area (Å²) in [7, 11) is 0. The highest BCUT2D eigenvalue weighted by atomic mass is 16.1. The highest BCUT2D eigenvalue weighted by Gasteiger charge is 2.12. The number of pyridine rings is 1. The van der Waals surface area contributed by atoms with Crippen LogP contribution in [-0.4, -0.2) is 33.9 Å². The van der Waals surface area contributed by atoms with Crippen molar-refractivity contribution in [2.24, 2.45) is 0 Å². The van der Waals surface area contributed by atoms with Crippen molar-refractivity contribution in [1.29, 1.82) is 0 Å². The van der Waals surface area contributed by atoms with Crippen molar-refractivity contribution >= 4 is 22.6 Å². The molecular formula is C21H24N4O. The number of anilines is 1. The summed E-state index contributed by atoms with van der Waals surface area (Å²) in [4.78, 5) is 22.4. The predicted octanol–water partition coefficient (Wildman–Crippen LogP) is 4.19. The van der Waals surface area contributed by atoms with Gasteiger partial charge in [0.05, 0.1) is 5.56 Å². The summed E-state index contributed by atoms with van der Waals surface area (Å²) in [5.74, 6) is -0.114. The quantitative estimate of drug-likeness (QED) is 0.743. The minimum Gasteiger partial charge on any atom is -0.346 e. The second-order valence-corrected chi connectivity index (χ2v) is 6.94. The zero-order valence-electron chi connectivity index (χ0n) is 14.9. The van der Waals surface area contributed by atoms with E-state index in [0.29, 0.717) is 5.56 Å². The lowest BCUT2D eigenvalue weighted by atomic mass is 10.1. The van der Waals surface area contributed by atoms with Crippen LogP contribution in [-0.2, 0) is 6.54 Å². The second kappa shape index (κ2) is 7.70. The van der Waals surface area contributed by atoms with Crippen molar-refractivity contribution in [2.75, 3.05) is 18.4 Å². The molecule has 5 nitrogen and oxygen atoms in total. The number of benzene rings is 1. The number of aromatic amines is 1. The number of nitrogens with one attached hydrogen (secondary N) is 2. The molecule has 5 heteroatoms. The summed E-state index contributed by atoms with van der Waals surface area (Å²) in [6.07, 6.45) is 8.75. The molecule has 0 spiro atoms. The molecule has 0 saturated carbocycles. The van der Waals surface area contributed by atoms with Gasteiger partial charge in [-0.25, -0.2) is 4.98 Å². The molecule has 2 aromatic heterocycles. The van der Waals surface area contributed by atoms with Gasteiger partial charge in [0.25, 0.3) is 5.91 Å². The van der Waals surface area contributed by atoms with E-state index in [1.165, 1.54) is 44.3 Å². The molecular weight excluding hydrogens is 324 g/mol. The van der Waals surface area contributed by atoms with Gasteiger partial charge in [0.2, 0.25) is 0 Å². The molecule has 1 fully saturated rings. The molecule has 1 saturated heterocycles. The topological polar surface area (TPSA) is 61.0 Å². The van der Waals surface area contributed by atoms with E-state index in [9.17, 15) is 4.79 Å². The SMILES string of the molecule is O=C(Nc1ccc(CN2CCCCCC2)cc1)c1ccnc2[nH]ccc12. The molecule has 0 radical (unpaired) electrons. The van der Waals surface area contributed by atoms with Crippen LogP contribution in [0.2, 0.25) is 0 Å². The van der Waals surface area contributed by atoms with E-state index in [0.717, 1.165) is 23.3 Å². The predicted molar refractivity (Wildman–Crippen MR) is 104 cm³/mol. The maximum atomic E-state index is 12.6. The normalized spacial score (nSPS) is 15.7. The zero-order chi connectivity index (χ0) is 17.8. The number of nitrogens with zero attached hydrogens (tertiary/aromatic N) is 2. The number of amides is 1. The first-order chi connectivity index (χ1) is 12.8. The molecule has 0 unspecified atom stereocenters. The van der Waals surface area contributed by atoms with Gasteiger partial charge in [-0.05, 0) is 55.8 Å². The Balaban J connectivity index is 1.42. The number of hydrogen-bond donors (Lipinski definition) is 2. The fourth-order valence-electron chi connectivity index (χ4n) is 3.60. The van der Waals surface area contributed by atoms with Gasteiger partial charge in [-0.2, -0.15) is 0 Å². The van der Waals surface area contributed by atoms with Crippen LogP contribution in [0, 0.1) is 0 Å². The van der Waals surface area contributed by atoms with Crippen LogP contribution in [0.5, 0.6) is 0 Å². The Hall–Kier alpha value is -2.66. The third-order valence-corrected chi connectivity index (χ3v) is 5.02. The van der Waals surface area contributed by atoms with Crippen molar-refractivity contribution in [2.45, 2.75) is 32.2 Å². The van der Waals surface area contributed by atoms with Gasteiger partial charge < -0.3 is 10.3 Å². The molecule has 1 aliphatic rings. The summed E-state index contributed by atoms with van der Waals surface area (Å²) in [5.41, 5.74) is 3.47. The average Bonchev–Trinajstić information content (AvgIpc) is 3.00. The maximum Gasteiger partial charge on any atom is 0.256 e. The Morgan fingerprint density at radius 3 is 2.58 bits per heavy atom. The van der Waals surface area contributed by atoms with E-state index >= 15 is 0 Å². The van der Waals surface area contributed by atoms with Crippen LogP contribution in [0.1, 0.15) is 41.6 Å². The van der Waals surface area contributed by atoms with Crippen molar-refractivity contribution in [3.05, 3.63) is 59.9 Å². The number of H-pyrrole nitrogens is 1. The lowest BCUT2D eigenvalue weighted by molar-refractivity contribution is 0.102. The molecule has 0 bridgehead atoms. The molecule has 3 heterocycles. The van der Waals surface area contributed by atoms with E-state index in [1.807, 2.05) is 18.2 Å². The second-order valence-electron chi connectivity index (χ2n) is 6.94. The summed E-state index contributed by atoms with van der Waals surface area (Å²) < 4.78 is 0. The molecule has 4 rings (SSSR count). The fraction of sp³-hybridized carbons (Fsp3) is 0.333. The van der Waals surface area contributed by atoms with Crippen LogP contribution in [0.4, 0.5) is 5.69 Å². The Labute approximate surface area is 153 Å². The van der Waals surface area contributed by atoms with Gasteiger partial charge in [-0.15, -0.1) is 0 Å². The van der Waals surface area contributed by atoms with Crippen LogP contribution < -0.4 is 5.32 Å². The number of hydrogen-bond acceptors (Lipinski definition) is 3. The van der Waals surface area contributed by atoms with E-state index in [1.54, 1.807) is 18.5 Å². The standard InChI is InChI=1S/C21H24N4O/c26-21(19-10-12-23-20-18(19)9-11-22-20)24-17-7-5-16(6-8-17)15-25-13-3-1-2-4-14-25/h5-12H,1-4,13-15H2,(H,22,23)(H,24,26). The molecule has 1 aliphatic heterocycles. The zero-order valence-corrected chi connectivity index (χ0v) is 14.9. The van der Waals surface area contributed by atoms with Crippen molar-refractivity contribution in [1.82, 2.24) is 14.9 Å². The molecule has 3 aromatic rings. The molecule has 0 atom stereocenters. The monoisotopic (exact) mass is 348 g/mol. The number of carbonyl (C=O) groups excluding carboxylic acids is 1. The number of carbonyl (C=O) groups is 1. The summed E-state index contributed by atoms with van der Waals surface area (Å²) in [6.45, 7) is 3.36. The first kappa shape index (κ1) is 16.8. The lowest BCUT2D eigenvalue weighted by Gasteiger charge is -2.19. The first-order valence-electron chi connectivity index (χ1n) is 9.34. The van der Waals surface area contributed by atoms with E-state index in [-0.39, 0.29) is 5.91 Å². The van der Waals surface area contributed by atoms with Gasteiger partial charge in [0, 0.05) is 30.0 Å². The van der Waals surface area contributed by atoms with Gasteiger partial charge in [-0.3, -0.25) is 9.69 Å². The largest absolute Gasteiger partial charge is 0.346 e. The molecule has 1 amide bonds. The summed E-state index contributed by atoms with van der Waals surface area (Å²) >= 11 is 0. The Morgan fingerprint density at radius 1 is 1.04 bits per heavy atom. The molecule has 2 N–H and O–H groups in total. The van der Waals surface area contributed by atoms with E-state index in [4.69, 9.17) is 0 Å². The Kier molecular flexibility index (Phi) is 4.97. The fourth-order valence-corrected chi connectivity index (χ4v) is 3.60. The molecule has 26 heavy (non-hydrogen) atoms. The first-order valence-corrected chi connectivity index (χ1v) is 9.34. The number of rotatable bonds is 4. The summed E-state index contributed by atoms with van der Waals surface area (Å²) in [5, 5.41) is 3.82. The van der Waals surface area contributed by atoms with Crippen LogP contribution >= 0.6 is 0 Å². The van der Waals surface area contributed by atoms with Crippen LogP contribution in [0.15, 0.2) is 48.8 Å². The smallest absolute Gasteiger partial charge is 0.256 e. The van der Waals surface area contributed by atoms with Crippen molar-refractivity contribution in [3.63, 3.8) is 0 Å². The van der Waals surface area contributed by atoms with Gasteiger partial charge in [-0.1, -0.05) is 25.0 Å². The molecule has 1 aromatic carbocycles. The van der Waals surface area contributed by atoms with Gasteiger partial charge in [0.15, 0.2) is 0 Å². The van der Waals surface area contributed by atoms with Crippen molar-refractivity contribution < 1.29 is 4.79 Å². The number of aromatic nitrogens is 2. The molecule has 0 aliphatic carbocycles. The highest BCUT2D eigenvalue weighted by molar-refractivity contribution is 6.11. The van der Waals surface area contributed by atoms with E-state index < -0.39 is 0 Å². The van der Waals surface area contributed by atoms with E-state index in [2.05, 4.69) is 32.3 Å². The van der Waals surface area contributed by atoms with Crippen LogP contribution in [0.25, 0.3) is 11.0 Å². The Morgan fingerprint density at radius 2 is 1.81 bits per heavy atom. The number of fused-ring (bicyclic) bond motifs is 1. The third-order valence-electron chi connectivity index (χ3n) is 5.02. The highest BCUT2D eigenvalue weighted by Crippen LogP contribution is 2.19. The maximum absolute atomic E-state index is 12.6. The van der Waals surface area contributed by atoms with Crippen LogP contribution in [0.3, 0.4) is 0 Å². The van der Waals surface area contributed by atoms with Gasteiger partial charge in [0.1, 0.15) is 5.65 Å². The van der Waals surface area contributed by atoms with Gasteiger partial charge >= 0.3 is 0 Å². The molecule has 134 valence electrons. The Bertz CT molecular complexity index is 876. The minimum atomic E-state index is -0.114. The van der Waals surface area contributed by atoms with Crippen molar-refractivity contribution in [3.8, 4) is 0 Å². The third kappa shape index (κ3) is 3.78. The summed E-state index contributed by atoms with van der Waals surface area (Å²) in [6, 6.07) is 11.8. The average molecular weight is 348 g/mol. The minimum absolute atomic E-state index is 0.114. The number of likely N-dealkylation sites (tertiary alicyclic amines) is 1.